The Morgan fingerprint density at radius 1 is 1.25 bits per heavy atom. The van der Waals surface area contributed by atoms with E-state index in [9.17, 15) is 19.1 Å². The van der Waals surface area contributed by atoms with Crippen LogP contribution >= 0.6 is 0 Å². The average Bonchev–Trinajstić information content (AvgIpc) is 2.76. The van der Waals surface area contributed by atoms with Crippen molar-refractivity contribution in [1.29, 1.82) is 0 Å². The van der Waals surface area contributed by atoms with Crippen LogP contribution < -0.4 is 5.32 Å². The van der Waals surface area contributed by atoms with Crippen LogP contribution in [0, 0.1) is 17.7 Å². The number of hydrogen-bond donors (Lipinski definition) is 2. The summed E-state index contributed by atoms with van der Waals surface area (Å²) in [5.41, 5.74) is 2.27. The van der Waals surface area contributed by atoms with Crippen LogP contribution in [0.2, 0.25) is 0 Å². The Bertz CT molecular complexity index is 1060. The Hall–Kier alpha value is -3.37. The number of rotatable bonds is 4. The van der Waals surface area contributed by atoms with Crippen molar-refractivity contribution in [2.75, 3.05) is 25.0 Å². The minimum atomic E-state index is -0.448. The predicted molar refractivity (Wildman–Crippen MR) is 119 cm³/mol. The van der Waals surface area contributed by atoms with Crippen molar-refractivity contribution in [3.63, 3.8) is 0 Å². The molecule has 2 aromatic rings. The molecule has 2 heterocycles. The van der Waals surface area contributed by atoms with E-state index in [1.54, 1.807) is 11.0 Å². The molecule has 0 bridgehead atoms. The number of anilines is 1. The number of aliphatic hydroxyl groups is 1. The van der Waals surface area contributed by atoms with E-state index in [1.807, 2.05) is 24.3 Å². The summed E-state index contributed by atoms with van der Waals surface area (Å²) in [4.78, 5) is 28.6. The fraction of sp³-hybridized carbons (Fsp3) is 0.360. The highest BCUT2D eigenvalue weighted by atomic mass is 19.1. The molecule has 2 saturated heterocycles. The van der Waals surface area contributed by atoms with Crippen LogP contribution in [0.15, 0.2) is 48.5 Å². The molecule has 0 aliphatic carbocycles. The lowest BCUT2D eigenvalue weighted by Gasteiger charge is -2.58. The van der Waals surface area contributed by atoms with Crippen LogP contribution in [0.3, 0.4) is 0 Å². The number of unbranched alkanes of at least 4 members (excludes halogenated alkanes) is 1. The van der Waals surface area contributed by atoms with Crippen molar-refractivity contribution in [1.82, 2.24) is 9.80 Å². The predicted octanol–water partition coefficient (Wildman–Crippen LogP) is 3.18. The van der Waals surface area contributed by atoms with Gasteiger partial charge in [-0.05, 0) is 42.3 Å². The molecule has 7 heteroatoms. The van der Waals surface area contributed by atoms with E-state index in [0.717, 1.165) is 24.0 Å². The average molecular weight is 435 g/mol. The van der Waals surface area contributed by atoms with Crippen LogP contribution in [0.5, 0.6) is 0 Å². The van der Waals surface area contributed by atoms with Gasteiger partial charge in [0, 0.05) is 30.1 Å². The first kappa shape index (κ1) is 21.8. The highest BCUT2D eigenvalue weighted by Crippen LogP contribution is 2.43. The maximum atomic E-state index is 13.4. The highest BCUT2D eigenvalue weighted by Gasteiger charge is 2.54. The fourth-order valence-corrected chi connectivity index (χ4v) is 4.50. The molecule has 2 fully saturated rings. The Balaban J connectivity index is 1.49. The van der Waals surface area contributed by atoms with Gasteiger partial charge in [-0.15, -0.1) is 0 Å². The summed E-state index contributed by atoms with van der Waals surface area (Å²) in [5.74, 6) is 5.53. The van der Waals surface area contributed by atoms with Gasteiger partial charge in [0.1, 0.15) is 12.4 Å². The summed E-state index contributed by atoms with van der Waals surface area (Å²) in [5, 5.41) is 12.6. The molecular formula is C25H26FN3O3. The molecule has 3 amide bonds. The minimum absolute atomic E-state index is 0.0766. The van der Waals surface area contributed by atoms with Gasteiger partial charge in [-0.3, -0.25) is 4.79 Å². The molecule has 3 atom stereocenters. The number of hydrogen-bond acceptors (Lipinski definition) is 3. The summed E-state index contributed by atoms with van der Waals surface area (Å²) in [7, 11) is 0. The van der Waals surface area contributed by atoms with Gasteiger partial charge in [0.2, 0.25) is 5.91 Å². The summed E-state index contributed by atoms with van der Waals surface area (Å²) in [6, 6.07) is 12.5. The zero-order chi connectivity index (χ0) is 22.7. The number of carbonyl (C=O) groups excluding carboxylic acids is 2. The van der Waals surface area contributed by atoms with Gasteiger partial charge in [-0.25, -0.2) is 9.18 Å². The van der Waals surface area contributed by atoms with Gasteiger partial charge in [0.25, 0.3) is 0 Å². The second-order valence-corrected chi connectivity index (χ2v) is 8.14. The van der Waals surface area contributed by atoms with E-state index >= 15 is 0 Å². The first-order valence-corrected chi connectivity index (χ1v) is 10.8. The van der Waals surface area contributed by atoms with Crippen molar-refractivity contribution in [2.24, 2.45) is 0 Å². The number of piperazine rings is 1. The topological polar surface area (TPSA) is 72.9 Å². The third-order valence-corrected chi connectivity index (χ3v) is 6.02. The monoisotopic (exact) mass is 435 g/mol. The molecule has 2 N–H and O–H groups in total. The lowest BCUT2D eigenvalue weighted by atomic mass is 9.73. The largest absolute Gasteiger partial charge is 0.394 e. The van der Waals surface area contributed by atoms with Crippen LogP contribution in [-0.2, 0) is 4.79 Å². The first-order valence-electron chi connectivity index (χ1n) is 10.8. The molecule has 0 saturated carbocycles. The number of amides is 3. The molecule has 4 rings (SSSR count). The Labute approximate surface area is 187 Å². The number of benzene rings is 2. The smallest absolute Gasteiger partial charge is 0.322 e. The van der Waals surface area contributed by atoms with Gasteiger partial charge < -0.3 is 20.2 Å². The highest BCUT2D eigenvalue weighted by molar-refractivity contribution is 5.93. The third-order valence-electron chi connectivity index (χ3n) is 6.02. The second-order valence-electron chi connectivity index (χ2n) is 8.14. The summed E-state index contributed by atoms with van der Waals surface area (Å²) in [6.45, 7) is 2.21. The molecular weight excluding hydrogens is 409 g/mol. The number of halogens is 1. The molecule has 2 aromatic carbocycles. The van der Waals surface area contributed by atoms with Gasteiger partial charge in [0.15, 0.2) is 0 Å². The SMILES string of the molecule is CCCC#Cc1ccc([C@@H]2[C@@H](CO)N3C(=O)CN(C(=O)Nc4cccc(F)c4)C[C@H]23)cc1. The normalized spacial score (nSPS) is 21.8. The van der Waals surface area contributed by atoms with Crippen molar-refractivity contribution in [3.05, 3.63) is 65.5 Å². The van der Waals surface area contributed by atoms with E-state index in [0.29, 0.717) is 12.2 Å². The van der Waals surface area contributed by atoms with Crippen LogP contribution in [0.25, 0.3) is 0 Å². The number of aliphatic hydroxyl groups excluding tert-OH is 1. The number of nitrogens with one attached hydrogen (secondary N) is 1. The van der Waals surface area contributed by atoms with E-state index in [4.69, 9.17) is 0 Å². The lowest BCUT2D eigenvalue weighted by Crippen LogP contribution is -2.73. The Morgan fingerprint density at radius 2 is 2.03 bits per heavy atom. The van der Waals surface area contributed by atoms with Crippen LogP contribution in [-0.4, -0.2) is 58.6 Å². The Morgan fingerprint density at radius 3 is 2.72 bits per heavy atom. The van der Waals surface area contributed by atoms with E-state index < -0.39 is 11.8 Å². The van der Waals surface area contributed by atoms with Crippen molar-refractivity contribution in [3.8, 4) is 11.8 Å². The van der Waals surface area contributed by atoms with Crippen molar-refractivity contribution >= 4 is 17.6 Å². The van der Waals surface area contributed by atoms with E-state index in [1.165, 1.54) is 23.1 Å². The summed E-state index contributed by atoms with van der Waals surface area (Å²) < 4.78 is 13.4. The molecule has 0 unspecified atom stereocenters. The van der Waals surface area contributed by atoms with Gasteiger partial charge >= 0.3 is 6.03 Å². The number of carbonyl (C=O) groups is 2. The molecule has 0 spiro atoms. The molecule has 32 heavy (non-hydrogen) atoms. The zero-order valence-corrected chi connectivity index (χ0v) is 17.9. The fourth-order valence-electron chi connectivity index (χ4n) is 4.50. The second kappa shape index (κ2) is 9.41. The number of nitrogens with zero attached hydrogens (tertiary/aromatic N) is 2. The van der Waals surface area contributed by atoms with Crippen LogP contribution in [0.1, 0.15) is 36.8 Å². The third kappa shape index (κ3) is 4.32. The van der Waals surface area contributed by atoms with Gasteiger partial charge in [-0.2, -0.15) is 0 Å². The first-order chi connectivity index (χ1) is 15.5. The molecule has 0 aromatic heterocycles. The molecule has 166 valence electrons. The molecule has 0 radical (unpaired) electrons. The van der Waals surface area contributed by atoms with Crippen LogP contribution in [0.4, 0.5) is 14.9 Å². The van der Waals surface area contributed by atoms with E-state index in [-0.39, 0.29) is 37.1 Å². The van der Waals surface area contributed by atoms with Gasteiger partial charge in [-0.1, -0.05) is 37.0 Å². The summed E-state index contributed by atoms with van der Waals surface area (Å²) >= 11 is 0. The maximum absolute atomic E-state index is 13.4. The van der Waals surface area contributed by atoms with E-state index in [2.05, 4.69) is 24.1 Å². The Kier molecular flexibility index (Phi) is 6.42. The lowest BCUT2D eigenvalue weighted by molar-refractivity contribution is -0.159. The minimum Gasteiger partial charge on any atom is -0.394 e. The van der Waals surface area contributed by atoms with Gasteiger partial charge in [0.05, 0.1) is 18.7 Å². The number of urea groups is 1. The standard InChI is InChI=1S/C25H26FN3O3/c1-2-3-4-6-17-9-11-18(12-10-17)24-21-14-28(15-23(31)29(21)22(24)16-30)25(32)27-20-8-5-7-19(26)13-20/h5,7-13,21-22,24,30H,2-3,14-16H2,1H3,(H,27,32)/t21-,22-,24+/m1/s1. The van der Waals surface area contributed by atoms with Crippen molar-refractivity contribution < 1.29 is 19.1 Å². The number of fused-ring (bicyclic) bond motifs is 1. The quantitative estimate of drug-likeness (QED) is 0.725. The van der Waals surface area contributed by atoms with Crippen molar-refractivity contribution in [2.45, 2.75) is 37.8 Å². The molecule has 2 aliphatic heterocycles. The molecule has 6 nitrogen and oxygen atoms in total. The maximum Gasteiger partial charge on any atom is 0.322 e. The molecule has 2 aliphatic rings. The summed E-state index contributed by atoms with van der Waals surface area (Å²) in [6.07, 6.45) is 1.86. The zero-order valence-electron chi connectivity index (χ0n) is 17.9.